The highest BCUT2D eigenvalue weighted by atomic mass is 16.5. The van der Waals surface area contributed by atoms with Crippen LogP contribution in [0.1, 0.15) is 24.1 Å². The average molecular weight is 356 g/mol. The molecule has 0 N–H and O–H groups in total. The second-order valence-corrected chi connectivity index (χ2v) is 6.47. The molecule has 0 aliphatic carbocycles. The molecule has 26 heavy (non-hydrogen) atoms. The lowest BCUT2D eigenvalue weighted by atomic mass is 10.0. The highest BCUT2D eigenvalue weighted by Gasteiger charge is 2.37. The van der Waals surface area contributed by atoms with Crippen molar-refractivity contribution in [3.63, 3.8) is 0 Å². The average Bonchev–Trinajstić information content (AvgIpc) is 3.27. The Morgan fingerprint density at radius 1 is 1.27 bits per heavy atom. The van der Waals surface area contributed by atoms with Gasteiger partial charge in [-0.2, -0.15) is 0 Å². The molecule has 1 aromatic heterocycles. The number of amides is 1. The molecular formula is C19H24N4O3. The van der Waals surface area contributed by atoms with Crippen molar-refractivity contribution in [1.82, 2.24) is 19.9 Å². The molecule has 1 aliphatic heterocycles. The van der Waals surface area contributed by atoms with E-state index in [1.807, 2.05) is 44.4 Å². The molecule has 7 nitrogen and oxygen atoms in total. The number of aryl methyl sites for hydroxylation is 1. The fourth-order valence-corrected chi connectivity index (χ4v) is 3.34. The number of rotatable bonds is 5. The molecule has 1 fully saturated rings. The molecule has 7 heteroatoms. The minimum Gasteiger partial charge on any atom is -0.496 e. The smallest absolute Gasteiger partial charge is 0.246 e. The van der Waals surface area contributed by atoms with E-state index < -0.39 is 0 Å². The maximum Gasteiger partial charge on any atom is 0.246 e. The Labute approximate surface area is 153 Å². The highest BCUT2D eigenvalue weighted by molar-refractivity contribution is 5.95. The summed E-state index contributed by atoms with van der Waals surface area (Å²) in [5.74, 6) is 0.738. The van der Waals surface area contributed by atoms with E-state index in [9.17, 15) is 4.79 Å². The van der Waals surface area contributed by atoms with E-state index in [0.29, 0.717) is 13.1 Å². The monoisotopic (exact) mass is 356 g/mol. The molecule has 0 radical (unpaired) electrons. The van der Waals surface area contributed by atoms with Crippen LogP contribution in [0.2, 0.25) is 0 Å². The number of benzene rings is 1. The predicted octanol–water partition coefficient (Wildman–Crippen LogP) is 1.87. The van der Waals surface area contributed by atoms with Crippen LogP contribution in [-0.4, -0.2) is 59.2 Å². The number of allylic oxidation sites excluding steroid dienone is 1. The molecule has 0 bridgehead atoms. The lowest BCUT2D eigenvalue weighted by Crippen LogP contribution is -2.28. The Hall–Kier alpha value is -2.67. The number of carbonyl (C=O) groups excluding carboxylic acids is 1. The Kier molecular flexibility index (Phi) is 5.37. The van der Waals surface area contributed by atoms with E-state index >= 15 is 0 Å². The number of para-hydroxylation sites is 1. The van der Waals surface area contributed by atoms with Crippen molar-refractivity contribution < 1.29 is 14.3 Å². The minimum atomic E-state index is -0.0874. The summed E-state index contributed by atoms with van der Waals surface area (Å²) in [6.45, 7) is 3.01. The second kappa shape index (κ2) is 7.70. The zero-order valence-corrected chi connectivity index (χ0v) is 15.5. The second-order valence-electron chi connectivity index (χ2n) is 6.47. The van der Waals surface area contributed by atoms with Gasteiger partial charge in [-0.3, -0.25) is 9.48 Å². The lowest BCUT2D eigenvalue weighted by Gasteiger charge is -2.15. The normalized spacial score (nSPS) is 20.5. The van der Waals surface area contributed by atoms with Crippen LogP contribution < -0.4 is 4.74 Å². The van der Waals surface area contributed by atoms with Gasteiger partial charge in [0.05, 0.1) is 24.8 Å². The van der Waals surface area contributed by atoms with Crippen LogP contribution in [0.5, 0.6) is 5.75 Å². The fourth-order valence-electron chi connectivity index (χ4n) is 3.34. The molecule has 1 amide bonds. The van der Waals surface area contributed by atoms with E-state index in [1.165, 1.54) is 0 Å². The van der Waals surface area contributed by atoms with Crippen molar-refractivity contribution in [1.29, 1.82) is 0 Å². The number of aromatic nitrogens is 3. The van der Waals surface area contributed by atoms with Crippen LogP contribution in [0.15, 0.2) is 36.5 Å². The minimum absolute atomic E-state index is 0.0256. The van der Waals surface area contributed by atoms with Gasteiger partial charge in [0.2, 0.25) is 5.91 Å². The van der Waals surface area contributed by atoms with Gasteiger partial charge in [-0.05, 0) is 18.6 Å². The molecule has 3 rings (SSSR count). The Bertz CT molecular complexity index is 815. The van der Waals surface area contributed by atoms with Gasteiger partial charge in [0.15, 0.2) is 0 Å². The molecule has 2 heterocycles. The Morgan fingerprint density at radius 3 is 2.69 bits per heavy atom. The van der Waals surface area contributed by atoms with Gasteiger partial charge in [0, 0.05) is 45.1 Å². The van der Waals surface area contributed by atoms with E-state index in [-0.39, 0.29) is 17.9 Å². The van der Waals surface area contributed by atoms with Crippen LogP contribution >= 0.6 is 0 Å². The quantitative estimate of drug-likeness (QED) is 0.765. The maximum absolute atomic E-state index is 12.8. The molecule has 138 valence electrons. The van der Waals surface area contributed by atoms with Gasteiger partial charge in [0.1, 0.15) is 5.75 Å². The molecule has 0 spiro atoms. The third kappa shape index (κ3) is 3.62. The topological polar surface area (TPSA) is 69.5 Å². The third-order valence-corrected chi connectivity index (χ3v) is 4.75. The number of methoxy groups -OCH3 is 2. The molecule has 2 aromatic rings. The summed E-state index contributed by atoms with van der Waals surface area (Å²) in [5.41, 5.74) is 2.63. The summed E-state index contributed by atoms with van der Waals surface area (Å²) < 4.78 is 12.6. The molecular weight excluding hydrogens is 332 g/mol. The van der Waals surface area contributed by atoms with Crippen LogP contribution in [0.4, 0.5) is 0 Å². The van der Waals surface area contributed by atoms with Crippen molar-refractivity contribution in [2.75, 3.05) is 27.3 Å². The van der Waals surface area contributed by atoms with Gasteiger partial charge >= 0.3 is 0 Å². The summed E-state index contributed by atoms with van der Waals surface area (Å²) in [6, 6.07) is 7.67. The summed E-state index contributed by atoms with van der Waals surface area (Å²) in [5, 5.41) is 8.17. The molecule has 2 atom stereocenters. The molecule has 1 saturated heterocycles. The van der Waals surface area contributed by atoms with Crippen molar-refractivity contribution in [2.45, 2.75) is 18.9 Å². The summed E-state index contributed by atoms with van der Waals surface area (Å²) in [7, 11) is 5.12. The summed E-state index contributed by atoms with van der Waals surface area (Å²) in [6.07, 6.45) is 3.44. The zero-order valence-electron chi connectivity index (χ0n) is 15.5. The lowest BCUT2D eigenvalue weighted by molar-refractivity contribution is -0.125. The van der Waals surface area contributed by atoms with Gasteiger partial charge in [0.25, 0.3) is 0 Å². The predicted molar refractivity (Wildman–Crippen MR) is 97.8 cm³/mol. The standard InChI is InChI=1S/C19H24N4O3/c1-13(14-7-5-6-8-17(14)25-3)9-19(24)23-10-15(18(12-23)26-4)16-11-22(2)21-20-16/h5-9,11,15,18H,10,12H2,1-4H3/t15-,18+/m0/s1. The van der Waals surface area contributed by atoms with E-state index in [2.05, 4.69) is 10.3 Å². The third-order valence-electron chi connectivity index (χ3n) is 4.75. The van der Waals surface area contributed by atoms with Crippen LogP contribution in [0.25, 0.3) is 5.57 Å². The molecule has 0 saturated carbocycles. The largest absolute Gasteiger partial charge is 0.496 e. The van der Waals surface area contributed by atoms with Gasteiger partial charge in [-0.25, -0.2) is 0 Å². The number of carbonyl (C=O) groups is 1. The van der Waals surface area contributed by atoms with Crippen molar-refractivity contribution in [3.8, 4) is 5.75 Å². The SMILES string of the molecule is COc1ccccc1C(C)=CC(=O)N1C[C@@H](OC)[C@H](c2cn(C)nn2)C1. The van der Waals surface area contributed by atoms with E-state index in [0.717, 1.165) is 22.6 Å². The first-order chi connectivity index (χ1) is 12.5. The zero-order chi connectivity index (χ0) is 18.7. The van der Waals surface area contributed by atoms with Gasteiger partial charge in [-0.1, -0.05) is 23.4 Å². The van der Waals surface area contributed by atoms with Crippen LogP contribution in [0, 0.1) is 0 Å². The van der Waals surface area contributed by atoms with Crippen molar-refractivity contribution in [2.24, 2.45) is 7.05 Å². The summed E-state index contributed by atoms with van der Waals surface area (Å²) >= 11 is 0. The molecule has 0 unspecified atom stereocenters. The number of ether oxygens (including phenoxy) is 2. The fraction of sp³-hybridized carbons (Fsp3) is 0.421. The van der Waals surface area contributed by atoms with Gasteiger partial charge < -0.3 is 14.4 Å². The maximum atomic E-state index is 12.8. The molecule has 1 aromatic carbocycles. The van der Waals surface area contributed by atoms with E-state index in [4.69, 9.17) is 9.47 Å². The van der Waals surface area contributed by atoms with Gasteiger partial charge in [-0.15, -0.1) is 5.10 Å². The number of hydrogen-bond donors (Lipinski definition) is 0. The van der Waals surface area contributed by atoms with Crippen LogP contribution in [-0.2, 0) is 16.6 Å². The Morgan fingerprint density at radius 2 is 2.04 bits per heavy atom. The van der Waals surface area contributed by atoms with Crippen molar-refractivity contribution in [3.05, 3.63) is 47.8 Å². The molecule has 1 aliphatic rings. The number of nitrogens with zero attached hydrogens (tertiary/aromatic N) is 4. The first-order valence-corrected chi connectivity index (χ1v) is 8.53. The Balaban J connectivity index is 1.77. The summed E-state index contributed by atoms with van der Waals surface area (Å²) in [4.78, 5) is 14.6. The highest BCUT2D eigenvalue weighted by Crippen LogP contribution is 2.29. The van der Waals surface area contributed by atoms with Crippen molar-refractivity contribution >= 4 is 11.5 Å². The number of likely N-dealkylation sites (tertiary alicyclic amines) is 1. The first-order valence-electron chi connectivity index (χ1n) is 8.53. The van der Waals surface area contributed by atoms with Crippen LogP contribution in [0.3, 0.4) is 0 Å². The number of hydrogen-bond acceptors (Lipinski definition) is 5. The first kappa shape index (κ1) is 18.1. The van der Waals surface area contributed by atoms with E-state index in [1.54, 1.807) is 29.9 Å².